The molecule has 7 heteroatoms. The van der Waals surface area contributed by atoms with E-state index in [0.29, 0.717) is 17.2 Å². The fraction of sp³-hybridized carbons (Fsp3) is 0.533. The number of para-hydroxylation sites is 1. The highest BCUT2D eigenvalue weighted by Crippen LogP contribution is 2.26. The maximum Gasteiger partial charge on any atom is 0.389 e. The normalized spacial score (nSPS) is 16.4. The predicted octanol–water partition coefficient (Wildman–Crippen LogP) is 3.40. The summed E-state index contributed by atoms with van der Waals surface area (Å²) in [6.07, 6.45) is -5.21. The third-order valence-corrected chi connectivity index (χ3v) is 3.89. The van der Waals surface area contributed by atoms with Gasteiger partial charge in [0.1, 0.15) is 0 Å². The molecule has 1 aromatic rings. The molecule has 0 aliphatic carbocycles. The highest BCUT2D eigenvalue weighted by Gasteiger charge is 2.30. The molecule has 1 fully saturated rings. The topological polar surface area (TPSA) is 41.1 Å². The molecule has 1 aromatic carbocycles. The molecule has 124 valence electrons. The van der Waals surface area contributed by atoms with Crippen molar-refractivity contribution < 1.29 is 18.0 Å². The standard InChI is InChI=1S/C15H19F3N2O.ClH/c1-10(12-8-19-9-12)14(21)20-13-5-3-2-4-11(13)6-7-15(16,17)18;/h2-5,10,12,19H,6-9H2,1H3,(H,20,21);1H. The number of nitrogens with one attached hydrogen (secondary N) is 2. The van der Waals surface area contributed by atoms with Crippen LogP contribution < -0.4 is 10.6 Å². The molecule has 2 N–H and O–H groups in total. The van der Waals surface area contributed by atoms with E-state index in [9.17, 15) is 18.0 Å². The number of halogens is 4. The Morgan fingerprint density at radius 2 is 2.00 bits per heavy atom. The Hall–Kier alpha value is -1.27. The number of amides is 1. The Kier molecular flexibility index (Phi) is 6.68. The lowest BCUT2D eigenvalue weighted by Crippen LogP contribution is -2.48. The lowest BCUT2D eigenvalue weighted by Gasteiger charge is -2.31. The van der Waals surface area contributed by atoms with E-state index in [4.69, 9.17) is 0 Å². The zero-order valence-corrected chi connectivity index (χ0v) is 13.1. The van der Waals surface area contributed by atoms with Gasteiger partial charge in [0.05, 0.1) is 0 Å². The van der Waals surface area contributed by atoms with E-state index in [0.717, 1.165) is 13.1 Å². The first kappa shape index (κ1) is 18.8. The van der Waals surface area contributed by atoms with E-state index in [1.165, 1.54) is 0 Å². The van der Waals surface area contributed by atoms with Gasteiger partial charge in [-0.05, 0) is 37.1 Å². The van der Waals surface area contributed by atoms with Crippen LogP contribution in [0.1, 0.15) is 18.9 Å². The van der Waals surface area contributed by atoms with Crippen molar-refractivity contribution in [3.05, 3.63) is 29.8 Å². The lowest BCUT2D eigenvalue weighted by atomic mass is 9.88. The van der Waals surface area contributed by atoms with Crippen molar-refractivity contribution in [2.24, 2.45) is 11.8 Å². The first-order chi connectivity index (χ1) is 9.87. The molecule has 1 saturated heterocycles. The summed E-state index contributed by atoms with van der Waals surface area (Å²) in [7, 11) is 0. The Morgan fingerprint density at radius 1 is 1.36 bits per heavy atom. The van der Waals surface area contributed by atoms with Crippen LogP contribution in [0.2, 0.25) is 0 Å². The Balaban J connectivity index is 0.00000242. The fourth-order valence-electron chi connectivity index (χ4n) is 2.26. The minimum Gasteiger partial charge on any atom is -0.326 e. The largest absolute Gasteiger partial charge is 0.389 e. The molecule has 3 nitrogen and oxygen atoms in total. The summed E-state index contributed by atoms with van der Waals surface area (Å²) < 4.78 is 37.0. The molecule has 0 bridgehead atoms. The molecule has 22 heavy (non-hydrogen) atoms. The molecule has 0 aromatic heterocycles. The van der Waals surface area contributed by atoms with Gasteiger partial charge in [-0.3, -0.25) is 4.79 Å². The first-order valence-corrected chi connectivity index (χ1v) is 7.03. The van der Waals surface area contributed by atoms with Crippen molar-refractivity contribution in [2.75, 3.05) is 18.4 Å². The average Bonchev–Trinajstić information content (AvgIpc) is 2.34. The number of alkyl halides is 3. The van der Waals surface area contributed by atoms with Gasteiger partial charge in [0, 0.05) is 18.0 Å². The van der Waals surface area contributed by atoms with Crippen molar-refractivity contribution in [1.82, 2.24) is 5.32 Å². The number of carbonyl (C=O) groups is 1. The molecule has 1 amide bonds. The second-order valence-electron chi connectivity index (χ2n) is 5.47. The number of hydrogen-bond donors (Lipinski definition) is 2. The van der Waals surface area contributed by atoms with E-state index >= 15 is 0 Å². The van der Waals surface area contributed by atoms with E-state index < -0.39 is 12.6 Å². The van der Waals surface area contributed by atoms with E-state index in [-0.39, 0.29) is 30.7 Å². The van der Waals surface area contributed by atoms with Crippen LogP contribution in [0.25, 0.3) is 0 Å². The van der Waals surface area contributed by atoms with Crippen molar-refractivity contribution >= 4 is 24.0 Å². The second kappa shape index (κ2) is 7.83. The zero-order chi connectivity index (χ0) is 15.5. The van der Waals surface area contributed by atoms with E-state index in [2.05, 4.69) is 10.6 Å². The maximum atomic E-state index is 12.3. The van der Waals surface area contributed by atoms with Gasteiger partial charge in [0.2, 0.25) is 5.91 Å². The number of benzene rings is 1. The van der Waals surface area contributed by atoms with Crippen LogP contribution >= 0.6 is 12.4 Å². The lowest BCUT2D eigenvalue weighted by molar-refractivity contribution is -0.133. The molecule has 1 aliphatic rings. The third-order valence-electron chi connectivity index (χ3n) is 3.89. The van der Waals surface area contributed by atoms with Crippen LogP contribution in [-0.4, -0.2) is 25.2 Å². The summed E-state index contributed by atoms with van der Waals surface area (Å²) in [6, 6.07) is 6.66. The molecule has 1 unspecified atom stereocenters. The van der Waals surface area contributed by atoms with Gasteiger partial charge in [-0.1, -0.05) is 25.1 Å². The molecule has 1 heterocycles. The van der Waals surface area contributed by atoms with E-state index in [1.807, 2.05) is 6.92 Å². The monoisotopic (exact) mass is 336 g/mol. The summed E-state index contributed by atoms with van der Waals surface area (Å²) in [6.45, 7) is 3.47. The average molecular weight is 337 g/mol. The second-order valence-corrected chi connectivity index (χ2v) is 5.47. The van der Waals surface area contributed by atoms with Crippen LogP contribution in [0.3, 0.4) is 0 Å². The number of rotatable bonds is 5. The smallest absolute Gasteiger partial charge is 0.326 e. The SMILES string of the molecule is CC(C(=O)Nc1ccccc1CCC(F)(F)F)C1CNC1.Cl. The van der Waals surface area contributed by atoms with Crippen LogP contribution in [-0.2, 0) is 11.2 Å². The predicted molar refractivity (Wildman–Crippen MR) is 82.2 cm³/mol. The number of aryl methyl sites for hydroxylation is 1. The number of carbonyl (C=O) groups excluding carboxylic acids is 1. The van der Waals surface area contributed by atoms with Crippen LogP contribution in [0.15, 0.2) is 24.3 Å². The van der Waals surface area contributed by atoms with Gasteiger partial charge in [-0.15, -0.1) is 12.4 Å². The molecule has 0 saturated carbocycles. The minimum absolute atomic E-state index is 0. The highest BCUT2D eigenvalue weighted by atomic mass is 35.5. The summed E-state index contributed by atoms with van der Waals surface area (Å²) in [5.41, 5.74) is 0.994. The number of anilines is 1. The Morgan fingerprint density at radius 3 is 2.55 bits per heavy atom. The van der Waals surface area contributed by atoms with Crippen LogP contribution in [0, 0.1) is 11.8 Å². The molecule has 0 radical (unpaired) electrons. The summed E-state index contributed by atoms with van der Waals surface area (Å²) in [5, 5.41) is 5.87. The Labute approximate surface area is 134 Å². The van der Waals surface area contributed by atoms with Gasteiger partial charge in [-0.2, -0.15) is 13.2 Å². The molecular weight excluding hydrogens is 317 g/mol. The third kappa shape index (κ3) is 5.18. The maximum absolute atomic E-state index is 12.3. The van der Waals surface area contributed by atoms with Gasteiger partial charge >= 0.3 is 6.18 Å². The van der Waals surface area contributed by atoms with Gasteiger partial charge in [-0.25, -0.2) is 0 Å². The molecule has 2 rings (SSSR count). The van der Waals surface area contributed by atoms with Gasteiger partial charge in [0.25, 0.3) is 0 Å². The first-order valence-electron chi connectivity index (χ1n) is 7.03. The Bertz CT molecular complexity index is 504. The minimum atomic E-state index is -4.19. The van der Waals surface area contributed by atoms with Crippen molar-refractivity contribution in [2.45, 2.75) is 25.9 Å². The molecule has 0 spiro atoms. The van der Waals surface area contributed by atoms with Gasteiger partial charge < -0.3 is 10.6 Å². The number of hydrogen-bond acceptors (Lipinski definition) is 2. The summed E-state index contributed by atoms with van der Waals surface area (Å²) in [5.74, 6) is 0.00946. The van der Waals surface area contributed by atoms with E-state index in [1.54, 1.807) is 24.3 Å². The molecule has 1 atom stereocenters. The van der Waals surface area contributed by atoms with Crippen molar-refractivity contribution in [3.8, 4) is 0 Å². The summed E-state index contributed by atoms with van der Waals surface area (Å²) >= 11 is 0. The van der Waals surface area contributed by atoms with Crippen molar-refractivity contribution in [1.29, 1.82) is 0 Å². The highest BCUT2D eigenvalue weighted by molar-refractivity contribution is 5.93. The zero-order valence-electron chi connectivity index (χ0n) is 12.2. The van der Waals surface area contributed by atoms with Crippen LogP contribution in [0.5, 0.6) is 0 Å². The van der Waals surface area contributed by atoms with Gasteiger partial charge in [0.15, 0.2) is 0 Å². The summed E-state index contributed by atoms with van der Waals surface area (Å²) in [4.78, 5) is 12.1. The molecular formula is C15H20ClF3N2O. The fourth-order valence-corrected chi connectivity index (χ4v) is 2.26. The van der Waals surface area contributed by atoms with Crippen molar-refractivity contribution in [3.63, 3.8) is 0 Å². The van der Waals surface area contributed by atoms with Crippen LogP contribution in [0.4, 0.5) is 18.9 Å². The molecule has 1 aliphatic heterocycles. The quantitative estimate of drug-likeness (QED) is 0.865.